The Morgan fingerprint density at radius 2 is 1.68 bits per heavy atom. The number of hydrogen-bond donors (Lipinski definition) is 6. The van der Waals surface area contributed by atoms with Gasteiger partial charge in [0.2, 0.25) is 5.91 Å². The van der Waals surface area contributed by atoms with Crippen LogP contribution in [0.4, 0.5) is 0 Å². The molecule has 1 unspecified atom stereocenters. The molecule has 0 aliphatic carbocycles. The van der Waals surface area contributed by atoms with E-state index in [4.69, 9.17) is 20.4 Å². The quantitative estimate of drug-likeness (QED) is 0.306. The first-order valence-electron chi connectivity index (χ1n) is 6.19. The molecular weight excluding hydrogens is 254 g/mol. The summed E-state index contributed by atoms with van der Waals surface area (Å²) in [5.74, 6) is -0.516. The molecule has 0 spiro atoms. The molecule has 1 amide bonds. The summed E-state index contributed by atoms with van der Waals surface area (Å²) in [5, 5.41) is 45.4. The standard InChI is InChI=1S/C9H19NO4.C3H8O2/c1-9(2,6-12)7(13)8(14)10-4-3-5-11;1-3(5)2-4/h7,11-13H,3-6H2,1-2H3,(H,10,14);3-5H,2H2,1H3/t7-;/m0./s1. The van der Waals surface area contributed by atoms with E-state index in [0.717, 1.165) is 0 Å². The molecule has 0 aliphatic heterocycles. The Labute approximate surface area is 113 Å². The number of rotatable bonds is 7. The molecule has 0 saturated heterocycles. The van der Waals surface area contributed by atoms with Gasteiger partial charge in [-0.05, 0) is 13.3 Å². The largest absolute Gasteiger partial charge is 0.396 e. The van der Waals surface area contributed by atoms with Crippen LogP contribution in [-0.4, -0.2) is 70.0 Å². The Balaban J connectivity index is 0. The number of aliphatic hydroxyl groups is 5. The van der Waals surface area contributed by atoms with Crippen molar-refractivity contribution in [2.24, 2.45) is 5.41 Å². The third-order valence-corrected chi connectivity index (χ3v) is 2.29. The average Bonchev–Trinajstić information content (AvgIpc) is 2.38. The van der Waals surface area contributed by atoms with Gasteiger partial charge >= 0.3 is 0 Å². The number of amides is 1. The van der Waals surface area contributed by atoms with Crippen LogP contribution in [0.2, 0.25) is 0 Å². The van der Waals surface area contributed by atoms with Crippen LogP contribution in [0, 0.1) is 5.41 Å². The first-order chi connectivity index (χ1) is 8.72. The first-order valence-corrected chi connectivity index (χ1v) is 6.19. The van der Waals surface area contributed by atoms with E-state index in [-0.39, 0.29) is 19.8 Å². The average molecular weight is 281 g/mol. The lowest BCUT2D eigenvalue weighted by molar-refractivity contribution is -0.137. The molecule has 0 heterocycles. The lowest BCUT2D eigenvalue weighted by Crippen LogP contribution is -2.45. The Bertz CT molecular complexity index is 232. The summed E-state index contributed by atoms with van der Waals surface area (Å²) in [4.78, 5) is 11.3. The fourth-order valence-corrected chi connectivity index (χ4v) is 0.829. The maximum absolute atomic E-state index is 11.3. The Morgan fingerprint density at radius 3 is 2.00 bits per heavy atom. The highest BCUT2D eigenvalue weighted by Crippen LogP contribution is 2.19. The third-order valence-electron chi connectivity index (χ3n) is 2.29. The highest BCUT2D eigenvalue weighted by molar-refractivity contribution is 5.81. The van der Waals surface area contributed by atoms with Crippen molar-refractivity contribution in [3.63, 3.8) is 0 Å². The molecule has 0 fully saturated rings. The minimum absolute atomic E-state index is 0.000230. The number of carbonyl (C=O) groups excluding carboxylic acids is 1. The van der Waals surface area contributed by atoms with Gasteiger partial charge in [0.15, 0.2) is 0 Å². The normalized spacial score (nSPS) is 14.1. The summed E-state index contributed by atoms with van der Waals surface area (Å²) < 4.78 is 0. The first kappa shape index (κ1) is 20.6. The van der Waals surface area contributed by atoms with Crippen LogP contribution in [0.3, 0.4) is 0 Å². The Morgan fingerprint density at radius 1 is 1.21 bits per heavy atom. The molecule has 0 saturated carbocycles. The van der Waals surface area contributed by atoms with E-state index in [0.29, 0.717) is 13.0 Å². The summed E-state index contributed by atoms with van der Waals surface area (Å²) in [5.41, 5.74) is -0.844. The van der Waals surface area contributed by atoms with Crippen LogP contribution in [-0.2, 0) is 4.79 Å². The van der Waals surface area contributed by atoms with Crippen LogP contribution >= 0.6 is 0 Å². The molecular formula is C12H27NO6. The van der Waals surface area contributed by atoms with Gasteiger partial charge in [-0.2, -0.15) is 0 Å². The van der Waals surface area contributed by atoms with E-state index in [1.807, 2.05) is 0 Å². The monoisotopic (exact) mass is 281 g/mol. The Hall–Kier alpha value is -0.730. The zero-order valence-corrected chi connectivity index (χ0v) is 11.8. The summed E-state index contributed by atoms with van der Waals surface area (Å²) in [7, 11) is 0. The molecule has 19 heavy (non-hydrogen) atoms. The Kier molecular flexibility index (Phi) is 12.1. The lowest BCUT2D eigenvalue weighted by Gasteiger charge is -2.27. The van der Waals surface area contributed by atoms with Gasteiger partial charge in [0.05, 0.1) is 19.3 Å². The fraction of sp³-hybridized carbons (Fsp3) is 0.917. The van der Waals surface area contributed by atoms with Crippen molar-refractivity contribution in [2.45, 2.75) is 39.4 Å². The van der Waals surface area contributed by atoms with E-state index in [9.17, 15) is 9.90 Å². The number of aliphatic hydroxyl groups excluding tert-OH is 5. The molecule has 7 nitrogen and oxygen atoms in total. The molecule has 0 aromatic heterocycles. The van der Waals surface area contributed by atoms with E-state index < -0.39 is 23.5 Å². The van der Waals surface area contributed by atoms with Crippen molar-refractivity contribution >= 4 is 5.91 Å². The second kappa shape index (κ2) is 11.1. The van der Waals surface area contributed by atoms with Crippen molar-refractivity contribution in [1.29, 1.82) is 0 Å². The molecule has 0 radical (unpaired) electrons. The molecule has 116 valence electrons. The zero-order chi connectivity index (χ0) is 15.5. The van der Waals surface area contributed by atoms with Crippen molar-refractivity contribution in [3.8, 4) is 0 Å². The van der Waals surface area contributed by atoms with Crippen LogP contribution in [0.15, 0.2) is 0 Å². The van der Waals surface area contributed by atoms with Crippen molar-refractivity contribution in [2.75, 3.05) is 26.4 Å². The van der Waals surface area contributed by atoms with Crippen molar-refractivity contribution < 1.29 is 30.3 Å². The summed E-state index contributed by atoms with van der Waals surface area (Å²) in [6.07, 6.45) is -1.33. The molecule has 0 bridgehead atoms. The summed E-state index contributed by atoms with van der Waals surface area (Å²) >= 11 is 0. The van der Waals surface area contributed by atoms with Crippen molar-refractivity contribution in [1.82, 2.24) is 5.32 Å². The minimum Gasteiger partial charge on any atom is -0.396 e. The van der Waals surface area contributed by atoms with Gasteiger partial charge in [-0.3, -0.25) is 4.79 Å². The van der Waals surface area contributed by atoms with Gasteiger partial charge in [-0.25, -0.2) is 0 Å². The van der Waals surface area contributed by atoms with Crippen LogP contribution in [0.1, 0.15) is 27.2 Å². The lowest BCUT2D eigenvalue weighted by atomic mass is 9.87. The summed E-state index contributed by atoms with van der Waals surface area (Å²) in [6, 6.07) is 0. The molecule has 6 N–H and O–H groups in total. The number of nitrogens with one attached hydrogen (secondary N) is 1. The highest BCUT2D eigenvalue weighted by Gasteiger charge is 2.32. The molecule has 7 heteroatoms. The highest BCUT2D eigenvalue weighted by atomic mass is 16.3. The van der Waals surface area contributed by atoms with Crippen molar-refractivity contribution in [3.05, 3.63) is 0 Å². The van der Waals surface area contributed by atoms with Gasteiger partial charge in [0.25, 0.3) is 0 Å². The molecule has 0 aliphatic rings. The van der Waals surface area contributed by atoms with E-state index in [2.05, 4.69) is 5.32 Å². The fourth-order valence-electron chi connectivity index (χ4n) is 0.829. The molecule has 2 atom stereocenters. The predicted molar refractivity (Wildman–Crippen MR) is 70.4 cm³/mol. The third kappa shape index (κ3) is 10.8. The van der Waals surface area contributed by atoms with Crippen LogP contribution < -0.4 is 5.32 Å². The second-order valence-corrected chi connectivity index (χ2v) is 4.95. The number of hydrogen-bond acceptors (Lipinski definition) is 6. The topological polar surface area (TPSA) is 130 Å². The van der Waals surface area contributed by atoms with Crippen LogP contribution in [0.25, 0.3) is 0 Å². The van der Waals surface area contributed by atoms with Gasteiger partial charge in [-0.15, -0.1) is 0 Å². The predicted octanol–water partition coefficient (Wildman–Crippen LogP) is -1.78. The van der Waals surface area contributed by atoms with E-state index >= 15 is 0 Å². The SMILES string of the molecule is CC(C)(CO)[C@@H](O)C(=O)NCCCO.CC(O)CO. The molecule has 0 rings (SSSR count). The van der Waals surface area contributed by atoms with E-state index in [1.165, 1.54) is 6.92 Å². The molecule has 0 aromatic rings. The smallest absolute Gasteiger partial charge is 0.249 e. The molecule has 0 aromatic carbocycles. The minimum atomic E-state index is -1.23. The van der Waals surface area contributed by atoms with Gasteiger partial charge in [0, 0.05) is 18.6 Å². The number of carbonyl (C=O) groups is 1. The van der Waals surface area contributed by atoms with Gasteiger partial charge in [-0.1, -0.05) is 13.8 Å². The second-order valence-electron chi connectivity index (χ2n) is 4.95. The maximum Gasteiger partial charge on any atom is 0.249 e. The van der Waals surface area contributed by atoms with E-state index in [1.54, 1.807) is 13.8 Å². The maximum atomic E-state index is 11.3. The van der Waals surface area contributed by atoms with Crippen LogP contribution in [0.5, 0.6) is 0 Å². The summed E-state index contributed by atoms with van der Waals surface area (Å²) in [6.45, 7) is 4.65. The zero-order valence-electron chi connectivity index (χ0n) is 11.8. The van der Waals surface area contributed by atoms with Gasteiger partial charge < -0.3 is 30.8 Å². The van der Waals surface area contributed by atoms with Gasteiger partial charge in [0.1, 0.15) is 6.10 Å².